The maximum atomic E-state index is 12.4. The minimum Gasteiger partial charge on any atom is -0.463 e. The van der Waals surface area contributed by atoms with Crippen LogP contribution in [0.3, 0.4) is 0 Å². The third-order valence-electron chi connectivity index (χ3n) is 4.73. The highest BCUT2D eigenvalue weighted by molar-refractivity contribution is 7.80. The van der Waals surface area contributed by atoms with E-state index in [-0.39, 0.29) is 30.2 Å². The molecule has 2 aliphatic rings. The molecule has 2 aliphatic heterocycles. The van der Waals surface area contributed by atoms with Crippen molar-refractivity contribution in [3.8, 4) is 0 Å². The fourth-order valence-electron chi connectivity index (χ4n) is 3.18. The molecule has 0 spiro atoms. The number of carbonyl (C=O) groups excluding carboxylic acids is 3. The van der Waals surface area contributed by atoms with Crippen LogP contribution in [0.15, 0.2) is 24.3 Å². The summed E-state index contributed by atoms with van der Waals surface area (Å²) < 4.78 is 10.7. The molecular formula is C19H22ClN3O5S. The van der Waals surface area contributed by atoms with Crippen LogP contribution in [0, 0.1) is 0 Å². The summed E-state index contributed by atoms with van der Waals surface area (Å²) in [5.74, 6) is -1.27. The van der Waals surface area contributed by atoms with E-state index in [1.807, 2.05) is 0 Å². The lowest BCUT2D eigenvalue weighted by Gasteiger charge is -2.36. The van der Waals surface area contributed by atoms with Gasteiger partial charge < -0.3 is 19.7 Å². The molecule has 2 N–H and O–H groups in total. The van der Waals surface area contributed by atoms with E-state index in [1.54, 1.807) is 24.3 Å². The van der Waals surface area contributed by atoms with Crippen molar-refractivity contribution in [3.63, 3.8) is 0 Å². The zero-order valence-electron chi connectivity index (χ0n) is 15.7. The first-order valence-electron chi connectivity index (χ1n) is 9.36. The van der Waals surface area contributed by atoms with Crippen molar-refractivity contribution in [2.24, 2.45) is 0 Å². The molecule has 0 bridgehead atoms. The number of esters is 1. The van der Waals surface area contributed by atoms with E-state index in [1.165, 1.54) is 4.90 Å². The molecule has 1 aromatic rings. The molecule has 2 amide bonds. The Balaban J connectivity index is 1.58. The van der Waals surface area contributed by atoms with Gasteiger partial charge in [-0.15, -0.1) is 0 Å². The molecule has 0 radical (unpaired) electrons. The maximum Gasteiger partial charge on any atom is 0.308 e. The van der Waals surface area contributed by atoms with Gasteiger partial charge >= 0.3 is 5.97 Å². The third kappa shape index (κ3) is 5.88. The summed E-state index contributed by atoms with van der Waals surface area (Å²) in [4.78, 5) is 38.5. The lowest BCUT2D eigenvalue weighted by molar-refractivity contribution is -0.150. The smallest absolute Gasteiger partial charge is 0.308 e. The lowest BCUT2D eigenvalue weighted by Crippen LogP contribution is -2.60. The van der Waals surface area contributed by atoms with E-state index in [4.69, 9.17) is 33.3 Å². The van der Waals surface area contributed by atoms with Gasteiger partial charge in [-0.1, -0.05) is 11.6 Å². The second kappa shape index (κ2) is 10.00. The summed E-state index contributed by atoms with van der Waals surface area (Å²) in [6.07, 6.45) is 1.54. The second-order valence-electron chi connectivity index (χ2n) is 6.79. The van der Waals surface area contributed by atoms with E-state index >= 15 is 0 Å². The number of halogens is 1. The first kappa shape index (κ1) is 21.5. The van der Waals surface area contributed by atoms with Crippen LogP contribution in [-0.4, -0.2) is 66.2 Å². The highest BCUT2D eigenvalue weighted by atomic mass is 35.5. The summed E-state index contributed by atoms with van der Waals surface area (Å²) in [7, 11) is 0. The summed E-state index contributed by atoms with van der Waals surface area (Å²) in [6, 6.07) is 5.49. The Morgan fingerprint density at radius 1 is 1.34 bits per heavy atom. The number of amides is 2. The van der Waals surface area contributed by atoms with Crippen molar-refractivity contribution in [1.29, 1.82) is 0 Å². The molecule has 2 saturated heterocycles. The van der Waals surface area contributed by atoms with Gasteiger partial charge in [-0.25, -0.2) is 0 Å². The largest absolute Gasteiger partial charge is 0.463 e. The van der Waals surface area contributed by atoms with E-state index in [0.29, 0.717) is 30.3 Å². The van der Waals surface area contributed by atoms with Crippen LogP contribution in [0.4, 0.5) is 0 Å². The number of ether oxygens (including phenoxy) is 2. The van der Waals surface area contributed by atoms with Crippen LogP contribution in [0.25, 0.3) is 0 Å². The minimum atomic E-state index is -0.848. The first-order chi connectivity index (χ1) is 13.9. The van der Waals surface area contributed by atoms with Gasteiger partial charge in [0.1, 0.15) is 12.6 Å². The number of nitrogens with one attached hydrogen (secondary N) is 2. The molecule has 0 unspecified atom stereocenters. The summed E-state index contributed by atoms with van der Waals surface area (Å²) in [5, 5.41) is 5.91. The van der Waals surface area contributed by atoms with Crippen LogP contribution in [-0.2, 0) is 19.1 Å². The molecule has 0 saturated carbocycles. The number of thiocarbonyl (C=S) groups is 1. The van der Waals surface area contributed by atoms with Crippen LogP contribution >= 0.6 is 23.8 Å². The normalized spacial score (nSPS) is 21.4. The molecule has 2 heterocycles. The van der Waals surface area contributed by atoms with Crippen molar-refractivity contribution in [3.05, 3.63) is 34.9 Å². The molecule has 10 heteroatoms. The topological polar surface area (TPSA) is 97.0 Å². The van der Waals surface area contributed by atoms with E-state index in [9.17, 15) is 14.4 Å². The van der Waals surface area contributed by atoms with Crippen LogP contribution < -0.4 is 10.6 Å². The van der Waals surface area contributed by atoms with E-state index in [0.717, 1.165) is 12.8 Å². The minimum absolute atomic E-state index is 0.0803. The van der Waals surface area contributed by atoms with Gasteiger partial charge in [0.2, 0.25) is 5.91 Å². The molecule has 0 aromatic heterocycles. The van der Waals surface area contributed by atoms with Gasteiger partial charge in [-0.05, 0) is 49.3 Å². The molecule has 2 fully saturated rings. The monoisotopic (exact) mass is 439 g/mol. The van der Waals surface area contributed by atoms with Crippen LogP contribution in [0.2, 0.25) is 5.02 Å². The third-order valence-corrected chi connectivity index (χ3v) is 5.32. The van der Waals surface area contributed by atoms with Gasteiger partial charge in [0.25, 0.3) is 5.91 Å². The number of hydrogen-bond acceptors (Lipinski definition) is 6. The summed E-state index contributed by atoms with van der Waals surface area (Å²) in [5.41, 5.74) is 0.380. The quantitative estimate of drug-likeness (QED) is 0.526. The zero-order valence-corrected chi connectivity index (χ0v) is 17.3. The van der Waals surface area contributed by atoms with Crippen molar-refractivity contribution in [2.75, 3.05) is 26.3 Å². The Hall–Kier alpha value is -2.23. The predicted molar refractivity (Wildman–Crippen MR) is 110 cm³/mol. The Bertz CT molecular complexity index is 783. The molecule has 0 aliphatic carbocycles. The SMILES string of the molecule is O=C(C[C@@H]1C(=O)NCCN1C(=S)NC(=O)c1ccc(Cl)cc1)OC[C@@H]1CCCO1. The fourth-order valence-corrected chi connectivity index (χ4v) is 3.62. The van der Waals surface area contributed by atoms with Gasteiger partial charge in [0.05, 0.1) is 12.5 Å². The van der Waals surface area contributed by atoms with Gasteiger partial charge in [0, 0.05) is 30.3 Å². The highest BCUT2D eigenvalue weighted by Gasteiger charge is 2.34. The number of piperazine rings is 1. The molecule has 8 nitrogen and oxygen atoms in total. The number of benzene rings is 1. The first-order valence-corrected chi connectivity index (χ1v) is 10.1. The number of hydrogen-bond donors (Lipinski definition) is 2. The molecular weight excluding hydrogens is 418 g/mol. The zero-order chi connectivity index (χ0) is 20.8. The number of nitrogens with zero attached hydrogens (tertiary/aromatic N) is 1. The Morgan fingerprint density at radius 2 is 2.10 bits per heavy atom. The molecule has 1 aromatic carbocycles. The molecule has 156 valence electrons. The van der Waals surface area contributed by atoms with Gasteiger partial charge in [-0.2, -0.15) is 0 Å². The van der Waals surface area contributed by atoms with Crippen LogP contribution in [0.1, 0.15) is 29.6 Å². The molecule has 3 rings (SSSR count). The van der Waals surface area contributed by atoms with Crippen molar-refractivity contribution in [2.45, 2.75) is 31.4 Å². The Labute approximate surface area is 178 Å². The Morgan fingerprint density at radius 3 is 2.79 bits per heavy atom. The number of carbonyl (C=O) groups is 3. The standard InChI is InChI=1S/C19H22ClN3O5S/c20-13-5-3-12(4-6-13)17(25)22-19(29)23-8-7-21-18(26)15(23)10-16(24)28-11-14-2-1-9-27-14/h3-6,14-15H,1-2,7-11H2,(H,21,26)(H,22,25,29)/t14-,15+/m0/s1. The van der Waals surface area contributed by atoms with Crippen molar-refractivity contribution < 1.29 is 23.9 Å². The average molecular weight is 440 g/mol. The maximum absolute atomic E-state index is 12.4. The predicted octanol–water partition coefficient (Wildman–Crippen LogP) is 1.27. The second-order valence-corrected chi connectivity index (χ2v) is 7.61. The Kier molecular flexibility index (Phi) is 7.40. The van der Waals surface area contributed by atoms with Crippen LogP contribution in [0.5, 0.6) is 0 Å². The van der Waals surface area contributed by atoms with E-state index in [2.05, 4.69) is 10.6 Å². The lowest BCUT2D eigenvalue weighted by atomic mass is 10.1. The average Bonchev–Trinajstić information content (AvgIpc) is 3.22. The van der Waals surface area contributed by atoms with Gasteiger partial charge in [-0.3, -0.25) is 19.7 Å². The van der Waals surface area contributed by atoms with Gasteiger partial charge in [0.15, 0.2) is 5.11 Å². The van der Waals surface area contributed by atoms with Crippen molar-refractivity contribution in [1.82, 2.24) is 15.5 Å². The van der Waals surface area contributed by atoms with Crippen molar-refractivity contribution >= 4 is 46.7 Å². The highest BCUT2D eigenvalue weighted by Crippen LogP contribution is 2.15. The fraction of sp³-hybridized carbons (Fsp3) is 0.474. The van der Waals surface area contributed by atoms with E-state index < -0.39 is 17.9 Å². The molecule has 29 heavy (non-hydrogen) atoms. The number of rotatable bonds is 5. The summed E-state index contributed by atoms with van der Waals surface area (Å²) >= 11 is 11.2. The summed E-state index contributed by atoms with van der Waals surface area (Å²) in [6.45, 7) is 1.57. The molecule has 2 atom stereocenters.